The van der Waals surface area contributed by atoms with Crippen molar-refractivity contribution in [3.63, 3.8) is 0 Å². The van der Waals surface area contributed by atoms with Crippen LogP contribution in [-0.2, 0) is 21.4 Å². The molecule has 1 saturated carbocycles. The first-order valence-electron chi connectivity index (χ1n) is 13.2. The van der Waals surface area contributed by atoms with Crippen LogP contribution in [-0.4, -0.2) is 70.8 Å². The van der Waals surface area contributed by atoms with Crippen molar-refractivity contribution in [2.45, 2.75) is 82.3 Å². The Kier molecular flexibility index (Phi) is 5.94. The molecule has 6 rings (SSSR count). The number of likely N-dealkylation sites (tertiary alicyclic amines) is 1. The minimum Gasteiger partial charge on any atom is -0.473 e. The quantitative estimate of drug-likeness (QED) is 0.613. The van der Waals surface area contributed by atoms with Crippen LogP contribution in [0.5, 0.6) is 5.88 Å². The number of anilines is 1. The molecule has 2 aromatic rings. The number of hydrogen-bond acceptors (Lipinski definition) is 9. The standard InChI is InChI=1S/C26H33N5O5/c1-16(18-8-6-12-30(18)2)35-21-15-20(31-13-14-34-25(31)33)27-24(28-21)22-17-7-5-11-26(23(17)36-29-22)10-4-3-9-19(26)32/h15-16,18H,3-14H2,1-2H3/t16-,18-,26+/m0/s1. The Balaban J connectivity index is 1.39. The van der Waals surface area contributed by atoms with Gasteiger partial charge in [-0.2, -0.15) is 4.98 Å². The zero-order valence-corrected chi connectivity index (χ0v) is 21.0. The van der Waals surface area contributed by atoms with Gasteiger partial charge < -0.3 is 14.0 Å². The molecule has 2 saturated heterocycles. The summed E-state index contributed by atoms with van der Waals surface area (Å²) >= 11 is 0. The van der Waals surface area contributed by atoms with E-state index in [0.29, 0.717) is 54.6 Å². The lowest BCUT2D eigenvalue weighted by molar-refractivity contribution is -0.128. The van der Waals surface area contributed by atoms with Crippen LogP contribution in [0.15, 0.2) is 10.6 Å². The van der Waals surface area contributed by atoms with E-state index in [9.17, 15) is 9.59 Å². The van der Waals surface area contributed by atoms with E-state index >= 15 is 0 Å². The molecule has 192 valence electrons. The van der Waals surface area contributed by atoms with Gasteiger partial charge in [0.15, 0.2) is 17.3 Å². The first kappa shape index (κ1) is 23.4. The summed E-state index contributed by atoms with van der Waals surface area (Å²) in [5, 5.41) is 4.40. The zero-order chi connectivity index (χ0) is 24.9. The Hall–Kier alpha value is -3.01. The monoisotopic (exact) mass is 495 g/mol. The highest BCUT2D eigenvalue weighted by Gasteiger charge is 2.48. The first-order valence-corrected chi connectivity index (χ1v) is 13.2. The molecule has 1 spiro atoms. The molecule has 0 bridgehead atoms. The van der Waals surface area contributed by atoms with Crippen molar-refractivity contribution in [3.8, 4) is 17.4 Å². The zero-order valence-electron chi connectivity index (χ0n) is 21.0. The number of carbonyl (C=O) groups excluding carboxylic acids is 2. The Morgan fingerprint density at radius 2 is 1.97 bits per heavy atom. The minimum absolute atomic E-state index is 0.0898. The fourth-order valence-electron chi connectivity index (χ4n) is 6.49. The number of fused-ring (bicyclic) bond motifs is 2. The molecule has 1 amide bonds. The lowest BCUT2D eigenvalue weighted by Crippen LogP contribution is -2.41. The topological polar surface area (TPSA) is 111 Å². The van der Waals surface area contributed by atoms with Crippen molar-refractivity contribution in [2.75, 3.05) is 31.6 Å². The Labute approximate surface area is 210 Å². The summed E-state index contributed by atoms with van der Waals surface area (Å²) in [4.78, 5) is 38.7. The number of ketones is 1. The number of cyclic esters (lactones) is 1. The van der Waals surface area contributed by atoms with E-state index in [1.807, 2.05) is 0 Å². The van der Waals surface area contributed by atoms with Crippen molar-refractivity contribution in [1.29, 1.82) is 0 Å². The van der Waals surface area contributed by atoms with E-state index in [4.69, 9.17) is 24.0 Å². The number of amides is 1. The SMILES string of the molecule is C[C@H](Oc1cc(N2CCOC2=O)nc(-c2noc3c2CCC[C@@]32CCCCC2=O)n1)[C@@H]1CCCN1C. The smallest absolute Gasteiger partial charge is 0.415 e. The van der Waals surface area contributed by atoms with Gasteiger partial charge in [0, 0.05) is 24.1 Å². The molecular weight excluding hydrogens is 462 g/mol. The van der Waals surface area contributed by atoms with Gasteiger partial charge >= 0.3 is 6.09 Å². The minimum atomic E-state index is -0.575. The van der Waals surface area contributed by atoms with Gasteiger partial charge in [-0.15, -0.1) is 0 Å². The maximum absolute atomic E-state index is 13.1. The molecule has 0 aromatic carbocycles. The van der Waals surface area contributed by atoms with Gasteiger partial charge in [0.05, 0.1) is 12.0 Å². The Morgan fingerprint density at radius 1 is 1.11 bits per heavy atom. The van der Waals surface area contributed by atoms with Crippen LogP contribution >= 0.6 is 0 Å². The molecule has 2 aliphatic heterocycles. The van der Waals surface area contributed by atoms with Crippen molar-refractivity contribution < 1.29 is 23.6 Å². The first-order chi connectivity index (χ1) is 17.5. The highest BCUT2D eigenvalue weighted by molar-refractivity contribution is 5.91. The molecule has 3 atom stereocenters. The second kappa shape index (κ2) is 9.14. The van der Waals surface area contributed by atoms with E-state index in [1.54, 1.807) is 6.07 Å². The third-order valence-electron chi connectivity index (χ3n) is 8.41. The summed E-state index contributed by atoms with van der Waals surface area (Å²) in [6.45, 7) is 3.81. The van der Waals surface area contributed by atoms with E-state index in [2.05, 4.69) is 24.0 Å². The number of rotatable bonds is 5. The molecule has 10 nitrogen and oxygen atoms in total. The average Bonchev–Trinajstić information content (AvgIpc) is 3.61. The predicted molar refractivity (Wildman–Crippen MR) is 130 cm³/mol. The predicted octanol–water partition coefficient (Wildman–Crippen LogP) is 3.67. The largest absolute Gasteiger partial charge is 0.473 e. The number of Topliss-reactive ketones (excluding diaryl/α,β-unsaturated/α-hetero) is 1. The summed E-state index contributed by atoms with van der Waals surface area (Å²) in [5.41, 5.74) is 0.869. The van der Waals surface area contributed by atoms with E-state index < -0.39 is 11.5 Å². The molecule has 0 N–H and O–H groups in total. The number of likely N-dealkylation sites (N-methyl/N-ethyl adjacent to an activating group) is 1. The van der Waals surface area contributed by atoms with Crippen molar-refractivity contribution in [1.82, 2.24) is 20.0 Å². The normalized spacial score (nSPS) is 27.4. The number of hydrogen-bond donors (Lipinski definition) is 0. The molecule has 10 heteroatoms. The van der Waals surface area contributed by atoms with Gasteiger partial charge in [-0.05, 0) is 65.5 Å². The van der Waals surface area contributed by atoms with Gasteiger partial charge in [-0.25, -0.2) is 9.78 Å². The molecule has 2 aliphatic carbocycles. The summed E-state index contributed by atoms with van der Waals surface area (Å²) < 4.78 is 17.4. The number of aromatic nitrogens is 3. The van der Waals surface area contributed by atoms with Gasteiger partial charge in [0.2, 0.25) is 5.88 Å². The maximum Gasteiger partial charge on any atom is 0.415 e. The fraction of sp³-hybridized carbons (Fsp3) is 0.654. The van der Waals surface area contributed by atoms with Crippen molar-refractivity contribution in [3.05, 3.63) is 17.4 Å². The summed E-state index contributed by atoms with van der Waals surface area (Å²) in [6.07, 6.45) is 7.44. The fourth-order valence-corrected chi connectivity index (χ4v) is 6.49. The number of nitrogens with zero attached hydrogens (tertiary/aromatic N) is 5. The highest BCUT2D eigenvalue weighted by Crippen LogP contribution is 2.47. The summed E-state index contributed by atoms with van der Waals surface area (Å²) in [5.74, 6) is 2.09. The molecule has 0 radical (unpaired) electrons. The lowest BCUT2D eigenvalue weighted by Gasteiger charge is -2.36. The van der Waals surface area contributed by atoms with Crippen molar-refractivity contribution >= 4 is 17.7 Å². The number of ether oxygens (including phenoxy) is 2. The molecular formula is C26H33N5O5. The maximum atomic E-state index is 13.1. The second-order valence-electron chi connectivity index (χ2n) is 10.6. The third kappa shape index (κ3) is 3.86. The average molecular weight is 496 g/mol. The van der Waals surface area contributed by atoms with E-state index in [0.717, 1.165) is 63.5 Å². The highest BCUT2D eigenvalue weighted by atomic mass is 16.6. The van der Waals surface area contributed by atoms with Crippen LogP contribution in [0.1, 0.15) is 69.6 Å². The molecule has 2 aromatic heterocycles. The van der Waals surface area contributed by atoms with E-state index in [-0.39, 0.29) is 11.9 Å². The van der Waals surface area contributed by atoms with Gasteiger partial charge in [-0.1, -0.05) is 11.6 Å². The Morgan fingerprint density at radius 3 is 2.72 bits per heavy atom. The molecule has 36 heavy (non-hydrogen) atoms. The van der Waals surface area contributed by atoms with Crippen LogP contribution in [0, 0.1) is 0 Å². The van der Waals surface area contributed by atoms with Crippen LogP contribution in [0.4, 0.5) is 10.6 Å². The number of carbonyl (C=O) groups is 2. The van der Waals surface area contributed by atoms with Gasteiger partial charge in [0.25, 0.3) is 0 Å². The molecule has 3 fully saturated rings. The molecule has 4 aliphatic rings. The van der Waals surface area contributed by atoms with Crippen LogP contribution in [0.3, 0.4) is 0 Å². The summed E-state index contributed by atoms with van der Waals surface area (Å²) in [6, 6.07) is 1.99. The van der Waals surface area contributed by atoms with Crippen LogP contribution in [0.2, 0.25) is 0 Å². The van der Waals surface area contributed by atoms with E-state index in [1.165, 1.54) is 4.90 Å². The van der Waals surface area contributed by atoms with Crippen LogP contribution < -0.4 is 9.64 Å². The lowest BCUT2D eigenvalue weighted by atomic mass is 9.64. The molecule has 0 unspecified atom stereocenters. The molecule has 4 heterocycles. The van der Waals surface area contributed by atoms with Crippen LogP contribution in [0.25, 0.3) is 11.5 Å². The van der Waals surface area contributed by atoms with Gasteiger partial charge in [-0.3, -0.25) is 14.6 Å². The third-order valence-corrected chi connectivity index (χ3v) is 8.41. The summed E-state index contributed by atoms with van der Waals surface area (Å²) in [7, 11) is 2.11. The Bertz CT molecular complexity index is 1180. The van der Waals surface area contributed by atoms with Gasteiger partial charge in [0.1, 0.15) is 24.3 Å². The van der Waals surface area contributed by atoms with Crippen molar-refractivity contribution in [2.24, 2.45) is 0 Å². The second-order valence-corrected chi connectivity index (χ2v) is 10.6.